The molecular formula is C36H43N7O4. The number of hydrogen-bond acceptors (Lipinski definition) is 9. The maximum atomic E-state index is 14.1. The van der Waals surface area contributed by atoms with Gasteiger partial charge in [-0.3, -0.25) is 9.78 Å². The minimum Gasteiger partial charge on any atom is -0.443 e. The van der Waals surface area contributed by atoms with Gasteiger partial charge in [0.25, 0.3) is 5.91 Å². The lowest BCUT2D eigenvalue weighted by Crippen LogP contribution is -2.37. The molecule has 0 bridgehead atoms. The summed E-state index contributed by atoms with van der Waals surface area (Å²) >= 11 is 0. The zero-order valence-electron chi connectivity index (χ0n) is 28.1. The van der Waals surface area contributed by atoms with Crippen molar-refractivity contribution in [3.63, 3.8) is 0 Å². The molecule has 246 valence electrons. The quantitative estimate of drug-likeness (QED) is 0.267. The number of nitrogens with zero attached hydrogens (tertiary/aromatic N) is 6. The monoisotopic (exact) mass is 637 g/mol. The molecule has 0 aromatic carbocycles. The lowest BCUT2D eigenvalue weighted by atomic mass is 9.90. The molecule has 11 heteroatoms. The number of nitrogens with one attached hydrogen (secondary N) is 1. The second kappa shape index (κ2) is 12.0. The highest BCUT2D eigenvalue weighted by Gasteiger charge is 2.40. The zero-order valence-corrected chi connectivity index (χ0v) is 28.1. The van der Waals surface area contributed by atoms with E-state index in [-0.39, 0.29) is 6.54 Å². The molecule has 3 aliphatic rings. The molecule has 2 aliphatic heterocycles. The molecular weight excluding hydrogens is 594 g/mol. The fourth-order valence-electron chi connectivity index (χ4n) is 7.33. The highest BCUT2D eigenvalue weighted by molar-refractivity contribution is 6.12. The van der Waals surface area contributed by atoms with E-state index < -0.39 is 17.6 Å². The summed E-state index contributed by atoms with van der Waals surface area (Å²) in [4.78, 5) is 45.6. The molecule has 1 saturated heterocycles. The van der Waals surface area contributed by atoms with Gasteiger partial charge < -0.3 is 24.3 Å². The standard InChI is InChI=1S/C36H43N7O4/c1-36(2,3)47-35(45)43-19-25-31(34(43)44)26(39-29-11-10-22(21-13-16-46-17-14-21)27(40-29)20-41(4)5)18-38-32(25)24-12-15-37-33-30(24)23-8-7-9-28(23)42(33)6/h10-12,15,18,21H,7-9,13-14,16-17,19-20H2,1-6H3,(H,39,40). The Kier molecular flexibility index (Phi) is 8.00. The maximum Gasteiger partial charge on any atom is 0.417 e. The highest BCUT2D eigenvalue weighted by atomic mass is 16.6. The average molecular weight is 638 g/mol. The van der Waals surface area contributed by atoms with Crippen molar-refractivity contribution in [2.75, 3.05) is 32.6 Å². The first kappa shape index (κ1) is 31.3. The van der Waals surface area contributed by atoms with Crippen LogP contribution in [0.5, 0.6) is 0 Å². The van der Waals surface area contributed by atoms with Crippen LogP contribution in [-0.2, 0) is 42.5 Å². The number of amides is 2. The molecule has 0 saturated carbocycles. The molecule has 1 fully saturated rings. The van der Waals surface area contributed by atoms with Crippen molar-refractivity contribution in [3.05, 3.63) is 64.2 Å². The molecule has 7 rings (SSSR count). The lowest BCUT2D eigenvalue weighted by molar-refractivity contribution is 0.0248. The van der Waals surface area contributed by atoms with Crippen molar-refractivity contribution in [1.29, 1.82) is 0 Å². The fourth-order valence-corrected chi connectivity index (χ4v) is 7.33. The Bertz CT molecular complexity index is 1880. The van der Waals surface area contributed by atoms with E-state index in [1.54, 1.807) is 33.2 Å². The summed E-state index contributed by atoms with van der Waals surface area (Å²) in [6.45, 7) is 7.63. The summed E-state index contributed by atoms with van der Waals surface area (Å²) in [5, 5.41) is 4.48. The molecule has 1 N–H and O–H groups in total. The van der Waals surface area contributed by atoms with Gasteiger partial charge in [0.15, 0.2) is 0 Å². The number of carbonyl (C=O) groups excluding carboxylic acids is 2. The van der Waals surface area contributed by atoms with Gasteiger partial charge in [-0.05, 0) is 96.1 Å². The molecule has 0 radical (unpaired) electrons. The summed E-state index contributed by atoms with van der Waals surface area (Å²) in [6, 6.07) is 6.08. The molecule has 0 unspecified atom stereocenters. The second-order valence-electron chi connectivity index (χ2n) is 14.1. The first-order chi connectivity index (χ1) is 22.5. The van der Waals surface area contributed by atoms with Crippen molar-refractivity contribution >= 4 is 34.5 Å². The van der Waals surface area contributed by atoms with Gasteiger partial charge in [0.2, 0.25) is 0 Å². The maximum absolute atomic E-state index is 14.1. The van der Waals surface area contributed by atoms with E-state index in [2.05, 4.69) is 27.9 Å². The van der Waals surface area contributed by atoms with Gasteiger partial charge in [-0.1, -0.05) is 6.07 Å². The number of pyridine rings is 3. The average Bonchev–Trinajstić information content (AvgIpc) is 3.72. The fraction of sp³-hybridized carbons (Fsp3) is 0.472. The first-order valence-corrected chi connectivity index (χ1v) is 16.5. The summed E-state index contributed by atoms with van der Waals surface area (Å²) in [6.07, 6.45) is 7.83. The number of hydrogen-bond donors (Lipinski definition) is 1. The second-order valence-corrected chi connectivity index (χ2v) is 14.1. The number of carbonyl (C=O) groups is 2. The van der Waals surface area contributed by atoms with Gasteiger partial charge in [-0.2, -0.15) is 0 Å². The van der Waals surface area contributed by atoms with Gasteiger partial charge >= 0.3 is 6.09 Å². The number of aryl methyl sites for hydroxylation is 2. The van der Waals surface area contributed by atoms with Crippen molar-refractivity contribution in [3.8, 4) is 11.3 Å². The Labute approximate surface area is 275 Å². The van der Waals surface area contributed by atoms with Gasteiger partial charge in [-0.15, -0.1) is 0 Å². The van der Waals surface area contributed by atoms with E-state index in [0.717, 1.165) is 67.6 Å². The van der Waals surface area contributed by atoms with Crippen molar-refractivity contribution < 1.29 is 19.1 Å². The molecule has 6 heterocycles. The van der Waals surface area contributed by atoms with Crippen LogP contribution in [0.3, 0.4) is 0 Å². The molecule has 4 aromatic heterocycles. The van der Waals surface area contributed by atoms with Crippen LogP contribution >= 0.6 is 0 Å². The van der Waals surface area contributed by atoms with Crippen LogP contribution in [0.1, 0.15) is 84.4 Å². The van der Waals surface area contributed by atoms with Gasteiger partial charge in [0.1, 0.15) is 17.1 Å². The SMILES string of the molecule is CN(C)Cc1nc(Nc2cnc(-c3ccnc4c3c3c(n4C)CCC3)c3c2C(=O)N(C(=O)OC(C)(C)C)C3)ccc1C1CCOCC1. The van der Waals surface area contributed by atoms with Crippen molar-refractivity contribution in [2.45, 2.75) is 77.5 Å². The van der Waals surface area contributed by atoms with E-state index in [1.807, 2.05) is 26.2 Å². The molecule has 47 heavy (non-hydrogen) atoms. The van der Waals surface area contributed by atoms with Crippen LogP contribution in [0, 0.1) is 0 Å². The molecule has 4 aromatic rings. The van der Waals surface area contributed by atoms with Crippen LogP contribution in [0.25, 0.3) is 22.3 Å². The van der Waals surface area contributed by atoms with Crippen molar-refractivity contribution in [2.24, 2.45) is 7.05 Å². The molecule has 0 atom stereocenters. The third-order valence-corrected chi connectivity index (χ3v) is 9.37. The molecule has 1 aliphatic carbocycles. The number of anilines is 2. The molecule has 2 amide bonds. The lowest BCUT2D eigenvalue weighted by Gasteiger charge is -2.25. The van der Waals surface area contributed by atoms with E-state index in [1.165, 1.54) is 21.7 Å². The third kappa shape index (κ3) is 5.76. The normalized spacial score (nSPS) is 16.7. The topological polar surface area (TPSA) is 115 Å². The summed E-state index contributed by atoms with van der Waals surface area (Å²) < 4.78 is 13.5. The summed E-state index contributed by atoms with van der Waals surface area (Å²) in [7, 11) is 6.13. The van der Waals surface area contributed by atoms with Gasteiger partial charge in [0.05, 0.1) is 35.4 Å². The van der Waals surface area contributed by atoms with E-state index in [9.17, 15) is 9.59 Å². The molecule has 11 nitrogen and oxygen atoms in total. The van der Waals surface area contributed by atoms with E-state index in [4.69, 9.17) is 24.4 Å². The largest absolute Gasteiger partial charge is 0.443 e. The van der Waals surface area contributed by atoms with Gasteiger partial charge in [-0.25, -0.2) is 19.7 Å². The smallest absolute Gasteiger partial charge is 0.417 e. The number of ether oxygens (including phenoxy) is 2. The Hall–Kier alpha value is -4.35. The van der Waals surface area contributed by atoms with Gasteiger partial charge in [0, 0.05) is 55.2 Å². The number of imide groups is 1. The number of fused-ring (bicyclic) bond motifs is 4. The predicted octanol–water partition coefficient (Wildman–Crippen LogP) is 6.11. The minimum atomic E-state index is -0.755. The Morgan fingerprint density at radius 3 is 2.64 bits per heavy atom. The summed E-state index contributed by atoms with van der Waals surface area (Å²) in [5.74, 6) is 0.590. The Morgan fingerprint density at radius 1 is 1.11 bits per heavy atom. The van der Waals surface area contributed by atoms with Crippen LogP contribution in [0.15, 0.2) is 30.6 Å². The van der Waals surface area contributed by atoms with Crippen LogP contribution in [-0.4, -0.2) is 74.2 Å². The summed E-state index contributed by atoms with van der Waals surface area (Å²) in [5.41, 5.74) is 8.15. The predicted molar refractivity (Wildman–Crippen MR) is 180 cm³/mol. The Morgan fingerprint density at radius 2 is 1.89 bits per heavy atom. The third-order valence-electron chi connectivity index (χ3n) is 9.37. The van der Waals surface area contributed by atoms with E-state index in [0.29, 0.717) is 40.8 Å². The van der Waals surface area contributed by atoms with Crippen LogP contribution in [0.4, 0.5) is 16.3 Å². The number of aromatic nitrogens is 4. The molecule has 0 spiro atoms. The van der Waals surface area contributed by atoms with Crippen LogP contribution in [0.2, 0.25) is 0 Å². The minimum absolute atomic E-state index is 0.0573. The van der Waals surface area contributed by atoms with E-state index >= 15 is 0 Å². The first-order valence-electron chi connectivity index (χ1n) is 16.5. The van der Waals surface area contributed by atoms with Crippen molar-refractivity contribution in [1.82, 2.24) is 29.3 Å². The zero-order chi connectivity index (χ0) is 33.0. The van der Waals surface area contributed by atoms with Crippen LogP contribution < -0.4 is 5.32 Å². The Balaban J connectivity index is 1.33. The number of rotatable bonds is 6. The highest BCUT2D eigenvalue weighted by Crippen LogP contribution is 2.42.